The van der Waals surface area contributed by atoms with Crippen LogP contribution >= 0.6 is 0 Å². The average Bonchev–Trinajstić information content (AvgIpc) is 3.69. The van der Waals surface area contributed by atoms with Gasteiger partial charge in [0.05, 0.1) is 6.67 Å². The first-order chi connectivity index (χ1) is 19.7. The highest BCUT2D eigenvalue weighted by atomic mass is 16.5. The summed E-state index contributed by atoms with van der Waals surface area (Å²) < 4.78 is 25.5. The minimum absolute atomic E-state index is 0.493. The van der Waals surface area contributed by atoms with E-state index in [1.54, 1.807) is 6.20 Å². The largest absolute Gasteiger partial charge is 0.452 e. The second-order valence-corrected chi connectivity index (χ2v) is 9.85. The van der Waals surface area contributed by atoms with Crippen molar-refractivity contribution in [3.05, 3.63) is 110 Å². The van der Waals surface area contributed by atoms with E-state index < -0.39 is 0 Å². The lowest BCUT2D eigenvalue weighted by atomic mass is 10.1. The van der Waals surface area contributed by atoms with Gasteiger partial charge in [-0.25, -0.2) is 4.98 Å². The summed E-state index contributed by atoms with van der Waals surface area (Å²) in [5.74, 6) is 2.19. The van der Waals surface area contributed by atoms with Crippen molar-refractivity contribution in [2.75, 3.05) is 18.6 Å². The van der Waals surface area contributed by atoms with E-state index in [9.17, 15) is 0 Å². The Hall–Kier alpha value is -5.43. The molecule has 4 heterocycles. The minimum atomic E-state index is 0.493. The molecule has 8 rings (SSSR count). The molecule has 0 unspecified atom stereocenters. The molecule has 7 heteroatoms. The molecule has 3 aromatic heterocycles. The molecule has 194 valence electrons. The topological polar surface area (TPSA) is 64.1 Å². The number of para-hydroxylation sites is 2. The van der Waals surface area contributed by atoms with Crippen LogP contribution in [0.4, 0.5) is 5.69 Å². The maximum absolute atomic E-state index is 6.72. The van der Waals surface area contributed by atoms with E-state index in [2.05, 4.69) is 39.3 Å². The van der Waals surface area contributed by atoms with Crippen LogP contribution in [0.2, 0.25) is 0 Å². The number of pyridine rings is 1. The molecular weight excluding hydrogens is 502 g/mol. The van der Waals surface area contributed by atoms with E-state index >= 15 is 0 Å². The number of benzene rings is 4. The van der Waals surface area contributed by atoms with Crippen LogP contribution in [0.3, 0.4) is 0 Å². The SMILES string of the molecule is CN1C=CN(c2cc(Oc3cc(Oc4ccccn4)cc4c3oc3ccccc34)c3oc4ccccc4c3c2)C1. The molecule has 0 radical (unpaired) electrons. The molecular formula is C33H23N3O4. The summed E-state index contributed by atoms with van der Waals surface area (Å²) in [5, 5.41) is 3.87. The standard InChI is InChI=1S/C33H23N3O4/c1-35-14-15-36(20-35)21-16-25-23-8-2-4-10-27(23)39-32(25)29(17-21)38-30-19-22(37-31-12-6-7-13-34-31)18-26-24-9-3-5-11-28(24)40-33(26)30/h2-19H,20H2,1H3. The summed E-state index contributed by atoms with van der Waals surface area (Å²) in [6.45, 7) is 0.738. The number of hydrogen-bond donors (Lipinski definition) is 0. The highest BCUT2D eigenvalue weighted by molar-refractivity contribution is 6.09. The van der Waals surface area contributed by atoms with E-state index in [1.807, 2.05) is 85.9 Å². The number of aromatic nitrogens is 1. The molecule has 7 nitrogen and oxygen atoms in total. The van der Waals surface area contributed by atoms with Crippen molar-refractivity contribution in [2.45, 2.75) is 0 Å². The summed E-state index contributed by atoms with van der Waals surface area (Å²) in [5.41, 5.74) is 3.86. The number of rotatable bonds is 5. The molecule has 0 saturated carbocycles. The molecule has 0 amide bonds. The van der Waals surface area contributed by atoms with Crippen molar-refractivity contribution in [2.24, 2.45) is 0 Å². The van der Waals surface area contributed by atoms with Gasteiger partial charge in [0.2, 0.25) is 5.88 Å². The third-order valence-electron chi connectivity index (χ3n) is 7.13. The van der Waals surface area contributed by atoms with Crippen molar-refractivity contribution in [3.8, 4) is 23.1 Å². The predicted octanol–water partition coefficient (Wildman–Crippen LogP) is 8.65. The van der Waals surface area contributed by atoms with Crippen LogP contribution in [0.15, 0.2) is 118 Å². The molecule has 1 aliphatic heterocycles. The highest BCUT2D eigenvalue weighted by Gasteiger charge is 2.21. The Morgan fingerprint density at radius 3 is 2.02 bits per heavy atom. The zero-order chi connectivity index (χ0) is 26.6. The Balaban J connectivity index is 1.33. The Morgan fingerprint density at radius 2 is 1.35 bits per heavy atom. The first kappa shape index (κ1) is 22.5. The van der Waals surface area contributed by atoms with E-state index in [1.165, 1.54) is 0 Å². The van der Waals surface area contributed by atoms with Crippen LogP contribution < -0.4 is 14.4 Å². The van der Waals surface area contributed by atoms with Crippen LogP contribution in [0.25, 0.3) is 43.9 Å². The lowest BCUT2D eigenvalue weighted by Crippen LogP contribution is -2.21. The van der Waals surface area contributed by atoms with Gasteiger partial charge in [0, 0.05) is 71.1 Å². The van der Waals surface area contributed by atoms with Gasteiger partial charge in [-0.1, -0.05) is 42.5 Å². The molecule has 0 N–H and O–H groups in total. The third-order valence-corrected chi connectivity index (χ3v) is 7.13. The molecule has 1 aliphatic rings. The first-order valence-corrected chi connectivity index (χ1v) is 13.0. The van der Waals surface area contributed by atoms with Crippen molar-refractivity contribution in [1.29, 1.82) is 0 Å². The van der Waals surface area contributed by atoms with Crippen LogP contribution in [0, 0.1) is 0 Å². The van der Waals surface area contributed by atoms with Crippen LogP contribution in [-0.4, -0.2) is 23.6 Å². The predicted molar refractivity (Wildman–Crippen MR) is 156 cm³/mol. The molecule has 0 saturated heterocycles. The average molecular weight is 526 g/mol. The van der Waals surface area contributed by atoms with Gasteiger partial charge >= 0.3 is 0 Å². The zero-order valence-corrected chi connectivity index (χ0v) is 21.6. The van der Waals surface area contributed by atoms with Gasteiger partial charge in [-0.15, -0.1) is 0 Å². The summed E-state index contributed by atoms with van der Waals surface area (Å²) in [6.07, 6.45) is 5.81. The lowest BCUT2D eigenvalue weighted by Gasteiger charge is -2.19. The van der Waals surface area contributed by atoms with Gasteiger partial charge in [-0.05, 0) is 30.3 Å². The van der Waals surface area contributed by atoms with Gasteiger partial charge < -0.3 is 28.1 Å². The number of anilines is 1. The van der Waals surface area contributed by atoms with Crippen molar-refractivity contribution in [3.63, 3.8) is 0 Å². The van der Waals surface area contributed by atoms with Gasteiger partial charge in [0.1, 0.15) is 16.9 Å². The fraction of sp³-hybridized carbons (Fsp3) is 0.0606. The maximum atomic E-state index is 6.72. The fourth-order valence-corrected chi connectivity index (χ4v) is 5.27. The fourth-order valence-electron chi connectivity index (χ4n) is 5.27. The van der Waals surface area contributed by atoms with Crippen LogP contribution in [-0.2, 0) is 0 Å². The second kappa shape index (κ2) is 8.81. The third kappa shape index (κ3) is 3.71. The van der Waals surface area contributed by atoms with Crippen LogP contribution in [0.1, 0.15) is 0 Å². The monoisotopic (exact) mass is 525 g/mol. The summed E-state index contributed by atoms with van der Waals surface area (Å²) >= 11 is 0. The van der Waals surface area contributed by atoms with Crippen molar-refractivity contribution >= 4 is 49.6 Å². The number of hydrogen-bond acceptors (Lipinski definition) is 7. The second-order valence-electron chi connectivity index (χ2n) is 9.85. The Morgan fingerprint density at radius 1 is 0.675 bits per heavy atom. The van der Waals surface area contributed by atoms with E-state index in [0.29, 0.717) is 34.3 Å². The molecule has 0 atom stereocenters. The summed E-state index contributed by atoms with van der Waals surface area (Å²) in [4.78, 5) is 8.62. The highest BCUT2D eigenvalue weighted by Crippen LogP contribution is 2.45. The van der Waals surface area contributed by atoms with Gasteiger partial charge in [-0.3, -0.25) is 0 Å². The first-order valence-electron chi connectivity index (χ1n) is 13.0. The maximum Gasteiger partial charge on any atom is 0.219 e. The normalized spacial score (nSPS) is 13.3. The lowest BCUT2D eigenvalue weighted by molar-refractivity contribution is 0.446. The molecule has 40 heavy (non-hydrogen) atoms. The number of fused-ring (bicyclic) bond motifs is 6. The molecule has 0 fully saturated rings. The van der Waals surface area contributed by atoms with Crippen molar-refractivity contribution in [1.82, 2.24) is 9.88 Å². The number of nitrogens with zero attached hydrogens (tertiary/aromatic N) is 3. The Labute approximate surface area is 229 Å². The Bertz CT molecular complexity index is 2080. The zero-order valence-electron chi connectivity index (χ0n) is 21.6. The molecule has 0 spiro atoms. The minimum Gasteiger partial charge on any atom is -0.452 e. The van der Waals surface area contributed by atoms with Crippen LogP contribution in [0.5, 0.6) is 23.1 Å². The van der Waals surface area contributed by atoms with Gasteiger partial charge in [0.15, 0.2) is 22.7 Å². The van der Waals surface area contributed by atoms with Crippen molar-refractivity contribution < 1.29 is 18.3 Å². The number of furan rings is 2. The number of ether oxygens (including phenoxy) is 2. The van der Waals surface area contributed by atoms with Gasteiger partial charge in [0.25, 0.3) is 0 Å². The van der Waals surface area contributed by atoms with E-state index in [0.717, 1.165) is 45.1 Å². The molecule has 0 bridgehead atoms. The van der Waals surface area contributed by atoms with E-state index in [-0.39, 0.29) is 0 Å². The summed E-state index contributed by atoms with van der Waals surface area (Å²) in [6, 6.07) is 29.5. The Kier molecular flexibility index (Phi) is 4.97. The molecule has 7 aromatic rings. The molecule has 4 aromatic carbocycles. The molecule has 0 aliphatic carbocycles. The van der Waals surface area contributed by atoms with E-state index in [4.69, 9.17) is 18.3 Å². The smallest absolute Gasteiger partial charge is 0.219 e. The summed E-state index contributed by atoms with van der Waals surface area (Å²) in [7, 11) is 2.05. The van der Waals surface area contributed by atoms with Gasteiger partial charge in [-0.2, -0.15) is 0 Å². The quantitative estimate of drug-likeness (QED) is 0.223.